The zero-order valence-corrected chi connectivity index (χ0v) is 18.5. The predicted molar refractivity (Wildman–Crippen MR) is 140 cm³/mol. The summed E-state index contributed by atoms with van der Waals surface area (Å²) in [6.45, 7) is 0. The molecule has 0 spiro atoms. The molecule has 3 heteroatoms. The topological polar surface area (TPSA) is 9.86 Å². The van der Waals surface area contributed by atoms with Crippen molar-refractivity contribution in [1.29, 1.82) is 0 Å². The van der Waals surface area contributed by atoms with Crippen molar-refractivity contribution < 1.29 is 0 Å². The highest BCUT2D eigenvalue weighted by Crippen LogP contribution is 2.36. The van der Waals surface area contributed by atoms with Gasteiger partial charge in [0.05, 0.1) is 22.1 Å². The Morgan fingerprint density at radius 3 is 1.39 bits per heavy atom. The van der Waals surface area contributed by atoms with Gasteiger partial charge in [-0.3, -0.25) is 0 Å². The lowest BCUT2D eigenvalue weighted by Crippen LogP contribution is -1.95. The lowest BCUT2D eigenvalue weighted by atomic mass is 10.1. The first-order valence-electron chi connectivity index (χ1n) is 11.1. The van der Waals surface area contributed by atoms with Crippen molar-refractivity contribution in [2.24, 2.45) is 0 Å². The molecule has 0 radical (unpaired) electrons. The van der Waals surface area contributed by atoms with Crippen LogP contribution >= 0.6 is 11.6 Å². The number of benzene rings is 5. The highest BCUT2D eigenvalue weighted by Gasteiger charge is 2.15. The second kappa shape index (κ2) is 6.99. The smallest absolute Gasteiger partial charge is 0.0542 e. The van der Waals surface area contributed by atoms with E-state index < -0.39 is 0 Å². The zero-order chi connectivity index (χ0) is 21.9. The van der Waals surface area contributed by atoms with Crippen LogP contribution in [-0.2, 0) is 0 Å². The van der Waals surface area contributed by atoms with Gasteiger partial charge in [-0.1, -0.05) is 66.2 Å². The van der Waals surface area contributed by atoms with Crippen molar-refractivity contribution in [2.75, 3.05) is 0 Å². The molecule has 0 aliphatic carbocycles. The number of nitrogens with zero attached hydrogens (tertiary/aromatic N) is 2. The minimum absolute atomic E-state index is 0.744. The molecule has 0 aliphatic heterocycles. The Hall–Kier alpha value is -4.01. The molecule has 2 aromatic heterocycles. The number of hydrogen-bond acceptors (Lipinski definition) is 0. The van der Waals surface area contributed by atoms with Crippen LogP contribution in [-0.4, -0.2) is 9.13 Å². The molecule has 7 rings (SSSR count). The van der Waals surface area contributed by atoms with Gasteiger partial charge in [-0.25, -0.2) is 0 Å². The van der Waals surface area contributed by atoms with E-state index in [1.807, 2.05) is 12.1 Å². The Labute approximate surface area is 195 Å². The third kappa shape index (κ3) is 2.68. The van der Waals surface area contributed by atoms with Crippen LogP contribution in [0.25, 0.3) is 55.0 Å². The second-order valence-corrected chi connectivity index (χ2v) is 8.84. The molecule has 156 valence electrons. The van der Waals surface area contributed by atoms with Crippen LogP contribution in [0.1, 0.15) is 0 Å². The quantitative estimate of drug-likeness (QED) is 0.254. The number of para-hydroxylation sites is 3. The molecule has 33 heavy (non-hydrogen) atoms. The van der Waals surface area contributed by atoms with Gasteiger partial charge in [0.2, 0.25) is 0 Å². The largest absolute Gasteiger partial charge is 0.309 e. The van der Waals surface area contributed by atoms with E-state index in [0.717, 1.165) is 10.7 Å². The van der Waals surface area contributed by atoms with Gasteiger partial charge in [0.25, 0.3) is 0 Å². The van der Waals surface area contributed by atoms with E-state index in [1.54, 1.807) is 0 Å². The number of hydrogen-bond donors (Lipinski definition) is 0. The molecule has 2 nitrogen and oxygen atoms in total. The molecular weight excluding hydrogens is 424 g/mol. The van der Waals surface area contributed by atoms with Crippen LogP contribution in [0.2, 0.25) is 5.02 Å². The Balaban J connectivity index is 1.57. The molecule has 0 atom stereocenters. The SMILES string of the molecule is Clc1ccc(-n2c3ccccc3c3cc(-n4c5ccccc5c5ccccc54)ccc32)cc1. The van der Waals surface area contributed by atoms with Gasteiger partial charge in [-0.05, 0) is 60.7 Å². The fraction of sp³-hybridized carbons (Fsp3) is 0. The van der Waals surface area contributed by atoms with Gasteiger partial charge in [0.1, 0.15) is 0 Å². The molecule has 0 saturated heterocycles. The molecule has 7 aromatic rings. The van der Waals surface area contributed by atoms with Crippen LogP contribution in [0.4, 0.5) is 0 Å². The van der Waals surface area contributed by atoms with Crippen LogP contribution < -0.4 is 0 Å². The third-order valence-electron chi connectivity index (χ3n) is 6.58. The van der Waals surface area contributed by atoms with Crippen LogP contribution in [0.15, 0.2) is 115 Å². The van der Waals surface area contributed by atoms with E-state index in [9.17, 15) is 0 Å². The van der Waals surface area contributed by atoms with Gasteiger partial charge in [-0.2, -0.15) is 0 Å². The van der Waals surface area contributed by atoms with Gasteiger partial charge in [0.15, 0.2) is 0 Å². The molecule has 5 aromatic carbocycles. The molecule has 0 amide bonds. The lowest BCUT2D eigenvalue weighted by Gasteiger charge is -2.10. The van der Waals surface area contributed by atoms with Crippen molar-refractivity contribution in [2.45, 2.75) is 0 Å². The minimum Gasteiger partial charge on any atom is -0.309 e. The van der Waals surface area contributed by atoms with E-state index in [4.69, 9.17) is 11.6 Å². The van der Waals surface area contributed by atoms with E-state index in [0.29, 0.717) is 0 Å². The molecule has 0 saturated carbocycles. The fourth-order valence-corrected chi connectivity index (χ4v) is 5.30. The first-order valence-corrected chi connectivity index (χ1v) is 11.5. The molecule has 0 aliphatic rings. The summed E-state index contributed by atoms with van der Waals surface area (Å²) in [6.07, 6.45) is 0. The van der Waals surface area contributed by atoms with Crippen molar-refractivity contribution in [3.05, 3.63) is 120 Å². The van der Waals surface area contributed by atoms with Crippen LogP contribution in [0.3, 0.4) is 0 Å². The van der Waals surface area contributed by atoms with Gasteiger partial charge >= 0.3 is 0 Å². The third-order valence-corrected chi connectivity index (χ3v) is 6.83. The fourth-order valence-electron chi connectivity index (χ4n) is 5.17. The standard InChI is InChI=1S/C30H19ClN2/c31-20-13-15-21(16-14-20)32-29-12-6-3-9-25(29)26-19-22(17-18-30(26)32)33-27-10-4-1-7-23(27)24-8-2-5-11-28(24)33/h1-19H. The maximum absolute atomic E-state index is 6.17. The maximum Gasteiger partial charge on any atom is 0.0542 e. The summed E-state index contributed by atoms with van der Waals surface area (Å²) in [6, 6.07) is 40.7. The summed E-state index contributed by atoms with van der Waals surface area (Å²) in [4.78, 5) is 0. The zero-order valence-electron chi connectivity index (χ0n) is 17.7. The molecule has 0 bridgehead atoms. The summed E-state index contributed by atoms with van der Waals surface area (Å²) in [5.74, 6) is 0. The van der Waals surface area contributed by atoms with E-state index in [1.165, 1.54) is 49.3 Å². The first kappa shape index (κ1) is 18.6. The minimum atomic E-state index is 0.744. The average molecular weight is 443 g/mol. The van der Waals surface area contributed by atoms with Crippen LogP contribution in [0.5, 0.6) is 0 Å². The van der Waals surface area contributed by atoms with Crippen molar-refractivity contribution >= 4 is 55.2 Å². The van der Waals surface area contributed by atoms with Gasteiger partial charge < -0.3 is 9.13 Å². The van der Waals surface area contributed by atoms with E-state index in [2.05, 4.69) is 112 Å². The molecular formula is C30H19ClN2. The average Bonchev–Trinajstić information content (AvgIpc) is 3.37. The van der Waals surface area contributed by atoms with Gasteiger partial charge in [-0.15, -0.1) is 0 Å². The lowest BCUT2D eigenvalue weighted by molar-refractivity contribution is 1.17. The van der Waals surface area contributed by atoms with Crippen molar-refractivity contribution in [3.8, 4) is 11.4 Å². The number of halogens is 1. The van der Waals surface area contributed by atoms with E-state index in [-0.39, 0.29) is 0 Å². The monoisotopic (exact) mass is 442 g/mol. The van der Waals surface area contributed by atoms with Crippen LogP contribution in [0, 0.1) is 0 Å². The maximum atomic E-state index is 6.17. The molecule has 0 fully saturated rings. The van der Waals surface area contributed by atoms with E-state index >= 15 is 0 Å². The van der Waals surface area contributed by atoms with Crippen molar-refractivity contribution in [3.63, 3.8) is 0 Å². The Kier molecular flexibility index (Phi) is 3.93. The molecule has 0 N–H and O–H groups in total. The number of aromatic nitrogens is 2. The second-order valence-electron chi connectivity index (χ2n) is 8.40. The van der Waals surface area contributed by atoms with Gasteiger partial charge in [0, 0.05) is 37.9 Å². The molecule has 2 heterocycles. The highest BCUT2D eigenvalue weighted by molar-refractivity contribution is 6.30. The summed E-state index contributed by atoms with van der Waals surface area (Å²) in [5, 5.41) is 5.77. The number of fused-ring (bicyclic) bond motifs is 6. The van der Waals surface area contributed by atoms with Crippen molar-refractivity contribution in [1.82, 2.24) is 9.13 Å². The predicted octanol–water partition coefficient (Wildman–Crippen LogP) is 8.53. The Morgan fingerprint density at radius 2 is 0.818 bits per heavy atom. The molecule has 0 unspecified atom stereocenters. The Bertz CT molecular complexity index is 1770. The summed E-state index contributed by atoms with van der Waals surface area (Å²) in [7, 11) is 0. The summed E-state index contributed by atoms with van der Waals surface area (Å²) in [5.41, 5.74) is 7.09. The normalized spacial score (nSPS) is 11.8. The highest BCUT2D eigenvalue weighted by atomic mass is 35.5. The number of rotatable bonds is 2. The summed E-state index contributed by atoms with van der Waals surface area (Å²) < 4.78 is 4.69. The summed E-state index contributed by atoms with van der Waals surface area (Å²) >= 11 is 6.17. The first-order chi connectivity index (χ1) is 16.3. The Morgan fingerprint density at radius 1 is 0.394 bits per heavy atom.